The molecule has 0 bridgehead atoms. The largest absolute Gasteiger partial charge is 0.366 e. The van der Waals surface area contributed by atoms with Crippen LogP contribution in [-0.4, -0.2) is 12.6 Å². The van der Waals surface area contributed by atoms with Crippen molar-refractivity contribution in [1.82, 2.24) is 0 Å². The van der Waals surface area contributed by atoms with E-state index in [1.165, 1.54) is 44.7 Å². The Morgan fingerprint density at radius 2 is 1.58 bits per heavy atom. The Labute approximate surface area is 168 Å². The summed E-state index contributed by atoms with van der Waals surface area (Å²) in [5, 5.41) is 0. The average Bonchev–Trinajstić information content (AvgIpc) is 2.96. The van der Waals surface area contributed by atoms with E-state index in [1.54, 1.807) is 0 Å². The molecule has 1 radical (unpaired) electrons. The number of para-hydroxylation sites is 1. The Morgan fingerprint density at radius 3 is 2.35 bits per heavy atom. The third-order valence-corrected chi connectivity index (χ3v) is 5.35. The van der Waals surface area contributed by atoms with Gasteiger partial charge in [-0.25, -0.2) is 0 Å². The summed E-state index contributed by atoms with van der Waals surface area (Å²) in [5.41, 5.74) is 11.1. The summed E-state index contributed by atoms with van der Waals surface area (Å²) >= 11 is 0. The second-order valence-corrected chi connectivity index (χ2v) is 6.90. The van der Waals surface area contributed by atoms with E-state index >= 15 is 0 Å². The first-order chi connectivity index (χ1) is 12.2. The Hall–Kier alpha value is -2.16. The van der Waals surface area contributed by atoms with Gasteiger partial charge >= 0.3 is 6.85 Å². The van der Waals surface area contributed by atoms with Crippen LogP contribution in [0, 0.1) is 19.9 Å². The summed E-state index contributed by atoms with van der Waals surface area (Å²) < 4.78 is 0. The Morgan fingerprint density at radius 1 is 0.885 bits per heavy atom. The molecule has 0 atom stereocenters. The van der Waals surface area contributed by atoms with Gasteiger partial charge in [0.1, 0.15) is 0 Å². The molecule has 0 unspecified atom stereocenters. The first-order valence-corrected chi connectivity index (χ1v) is 8.71. The van der Waals surface area contributed by atoms with Crippen LogP contribution in [0.2, 0.25) is 0 Å². The number of hydrogen-bond donors (Lipinski definition) is 0. The summed E-state index contributed by atoms with van der Waals surface area (Å²) in [6.45, 7) is 6.56. The maximum Gasteiger partial charge on any atom is 0.324 e. The van der Waals surface area contributed by atoms with Crippen molar-refractivity contribution in [2.24, 2.45) is 4.90 Å². The van der Waals surface area contributed by atoms with E-state index < -0.39 is 0 Å². The fraction of sp³-hybridized carbons (Fsp3) is 0.136. The zero-order valence-electron chi connectivity index (χ0n) is 15.0. The summed E-state index contributed by atoms with van der Waals surface area (Å²) in [7, 11) is 0. The minimum absolute atomic E-state index is 0. The molecule has 0 saturated carbocycles. The van der Waals surface area contributed by atoms with Crippen LogP contribution in [0.25, 0.3) is 0 Å². The van der Waals surface area contributed by atoms with Crippen LogP contribution in [0.5, 0.6) is 0 Å². The van der Waals surface area contributed by atoms with Crippen molar-refractivity contribution in [1.29, 1.82) is 0 Å². The van der Waals surface area contributed by atoms with E-state index in [-0.39, 0.29) is 27.0 Å². The zero-order valence-corrected chi connectivity index (χ0v) is 17.4. The van der Waals surface area contributed by atoms with Crippen molar-refractivity contribution in [2.45, 2.75) is 20.8 Å². The fourth-order valence-electron chi connectivity index (χ4n) is 4.27. The predicted molar refractivity (Wildman–Crippen MR) is 107 cm³/mol. The van der Waals surface area contributed by atoms with Gasteiger partial charge < -0.3 is 9.80 Å². The second-order valence-electron chi connectivity index (χ2n) is 6.90. The van der Waals surface area contributed by atoms with Gasteiger partial charge in [-0.15, -0.1) is 11.5 Å². The molecule has 2 heterocycles. The van der Waals surface area contributed by atoms with E-state index in [2.05, 4.69) is 80.3 Å². The van der Waals surface area contributed by atoms with Gasteiger partial charge in [-0.2, -0.15) is 18.2 Å². The molecule has 0 spiro atoms. The second kappa shape index (κ2) is 6.23. The molecule has 2 nitrogen and oxygen atoms in total. The third-order valence-electron chi connectivity index (χ3n) is 5.35. The smallest absolute Gasteiger partial charge is 0.324 e. The fourth-order valence-corrected chi connectivity index (χ4v) is 4.27. The van der Waals surface area contributed by atoms with Crippen LogP contribution >= 0.6 is 0 Å². The number of hydrogen-bond acceptors (Lipinski definition) is 2. The minimum Gasteiger partial charge on any atom is -0.366 e. The molecule has 4 heteroatoms. The first-order valence-electron chi connectivity index (χ1n) is 8.71. The van der Waals surface area contributed by atoms with Crippen molar-refractivity contribution in [3.8, 4) is 0 Å². The zero-order chi connectivity index (χ0) is 17.1. The molecule has 2 aliphatic heterocycles. The van der Waals surface area contributed by atoms with E-state index in [0.29, 0.717) is 0 Å². The molecule has 0 aromatic heterocycles. The first kappa shape index (κ1) is 17.3. The van der Waals surface area contributed by atoms with Crippen LogP contribution in [0.4, 0.5) is 17.1 Å². The molecule has 0 fully saturated rings. The SMILES string of the molecule is CC1=NB2c3[c-]cccc3N(c3c(C)cccc3C)c3cccc1c32.[Ir]. The van der Waals surface area contributed by atoms with Gasteiger partial charge in [0.15, 0.2) is 0 Å². The molecule has 3 aromatic carbocycles. The average molecular weight is 513 g/mol. The van der Waals surface area contributed by atoms with E-state index in [1.807, 2.05) is 6.07 Å². The van der Waals surface area contributed by atoms with Crippen LogP contribution in [0.15, 0.2) is 59.5 Å². The molecule has 0 N–H and O–H groups in total. The van der Waals surface area contributed by atoms with Crippen LogP contribution < -0.4 is 15.8 Å². The van der Waals surface area contributed by atoms with Gasteiger partial charge in [-0.1, -0.05) is 36.0 Å². The minimum atomic E-state index is 0. The summed E-state index contributed by atoms with van der Waals surface area (Å²) in [5.74, 6) is 0. The monoisotopic (exact) mass is 514 g/mol. The molecule has 26 heavy (non-hydrogen) atoms. The van der Waals surface area contributed by atoms with Crippen molar-refractivity contribution >= 4 is 40.5 Å². The molecule has 0 aliphatic carbocycles. The number of nitrogens with zero attached hydrogens (tertiary/aromatic N) is 2. The number of benzene rings is 3. The Kier molecular flexibility index (Phi) is 4.13. The maximum atomic E-state index is 4.96. The number of aryl methyl sites for hydroxylation is 2. The Bertz CT molecular complexity index is 1040. The number of fused-ring (bicyclic) bond motifs is 2. The van der Waals surface area contributed by atoms with Crippen LogP contribution in [0.1, 0.15) is 23.6 Å². The number of anilines is 3. The summed E-state index contributed by atoms with van der Waals surface area (Å²) in [6.07, 6.45) is 0. The van der Waals surface area contributed by atoms with Crippen molar-refractivity contribution in [3.63, 3.8) is 0 Å². The van der Waals surface area contributed by atoms with Crippen molar-refractivity contribution in [3.05, 3.63) is 77.4 Å². The van der Waals surface area contributed by atoms with Crippen molar-refractivity contribution in [2.75, 3.05) is 4.90 Å². The molecule has 2 aliphatic rings. The Balaban J connectivity index is 0.00000168. The summed E-state index contributed by atoms with van der Waals surface area (Å²) in [4.78, 5) is 7.36. The van der Waals surface area contributed by atoms with Crippen LogP contribution in [0.3, 0.4) is 0 Å². The van der Waals surface area contributed by atoms with Crippen LogP contribution in [-0.2, 0) is 20.1 Å². The normalized spacial score (nSPS) is 13.7. The van der Waals surface area contributed by atoms with Gasteiger partial charge in [-0.3, -0.25) is 0 Å². The van der Waals surface area contributed by atoms with Gasteiger partial charge in [-0.05, 0) is 49.0 Å². The molecular weight excluding hydrogens is 495 g/mol. The molecule has 0 amide bonds. The summed E-state index contributed by atoms with van der Waals surface area (Å²) in [6, 6.07) is 22.8. The molecular formula is C22H18BIrN2-. The van der Waals surface area contributed by atoms with Gasteiger partial charge in [0, 0.05) is 37.2 Å². The molecule has 5 rings (SSSR count). The molecule has 3 aromatic rings. The molecule has 129 valence electrons. The topological polar surface area (TPSA) is 15.6 Å². The van der Waals surface area contributed by atoms with E-state index in [4.69, 9.17) is 4.90 Å². The van der Waals surface area contributed by atoms with E-state index in [9.17, 15) is 0 Å². The van der Waals surface area contributed by atoms with Gasteiger partial charge in [0.25, 0.3) is 0 Å². The standard InChI is InChI=1S/C22H18BN2.Ir/c1-14-8-6-9-15(2)22(14)25-19-12-5-4-11-18(19)23-21-17(16(3)24-23)10-7-13-20(21)25;/h4-10,12-13H,1-3H3;/q-1;. The van der Waals surface area contributed by atoms with E-state index in [0.717, 1.165) is 5.71 Å². The third kappa shape index (κ3) is 2.26. The van der Waals surface area contributed by atoms with Gasteiger partial charge in [0.05, 0.1) is 0 Å². The number of rotatable bonds is 1. The quantitative estimate of drug-likeness (QED) is 0.357. The molecule has 0 saturated heterocycles. The maximum absolute atomic E-state index is 4.96. The van der Waals surface area contributed by atoms with Gasteiger partial charge in [0.2, 0.25) is 0 Å². The van der Waals surface area contributed by atoms with Crippen molar-refractivity contribution < 1.29 is 20.1 Å². The predicted octanol–water partition coefficient (Wildman–Crippen LogP) is 3.81.